The number of nitrogens with zero attached hydrogens (tertiary/aromatic N) is 1. The summed E-state index contributed by atoms with van der Waals surface area (Å²) in [6, 6.07) is 0. The number of carbonyl (C=O) groups is 1. The average Bonchev–Trinajstić information content (AvgIpc) is 2.44. The predicted octanol–water partition coefficient (Wildman–Crippen LogP) is 4.95. The molecule has 0 aliphatic heterocycles. The minimum Gasteiger partial charge on any atom is -0.481 e. The van der Waals surface area contributed by atoms with Gasteiger partial charge in [0.25, 0.3) is 0 Å². The van der Waals surface area contributed by atoms with E-state index in [-0.39, 0.29) is 0 Å². The maximum Gasteiger partial charge on any atom is 0.303 e. The van der Waals surface area contributed by atoms with E-state index in [0.29, 0.717) is 11.8 Å². The molecule has 0 saturated heterocycles. The van der Waals surface area contributed by atoms with Crippen LogP contribution in [0.1, 0.15) is 85.5 Å². The molecule has 0 amide bonds. The van der Waals surface area contributed by atoms with Crippen molar-refractivity contribution in [3.05, 3.63) is 0 Å². The van der Waals surface area contributed by atoms with Crippen LogP contribution in [0.4, 0.5) is 0 Å². The lowest BCUT2D eigenvalue weighted by molar-refractivity contribution is -0.137. The molecular weight excluding hydrogens is 262 g/mol. The second-order valence-corrected chi connectivity index (χ2v) is 6.65. The minimum absolute atomic E-state index is 0.311. The molecule has 1 unspecified atom stereocenters. The molecule has 3 heteroatoms. The fourth-order valence-corrected chi connectivity index (χ4v) is 2.99. The summed E-state index contributed by atoms with van der Waals surface area (Å²) in [5.74, 6) is -0.660. The summed E-state index contributed by atoms with van der Waals surface area (Å²) in [6.45, 7) is 12.4. The Morgan fingerprint density at radius 2 is 1.57 bits per heavy atom. The van der Waals surface area contributed by atoms with Crippen LogP contribution >= 0.6 is 0 Å². The third kappa shape index (κ3) is 10.8. The molecule has 0 rings (SSSR count). The lowest BCUT2D eigenvalue weighted by Gasteiger charge is -2.32. The molecule has 0 heterocycles. The SMILES string of the molecule is CCCCCCC(C)(CCCC(=O)O)CCN(CC)CC. The Bertz CT molecular complexity index is 264. The summed E-state index contributed by atoms with van der Waals surface area (Å²) in [5, 5.41) is 8.84. The highest BCUT2D eigenvalue weighted by molar-refractivity contribution is 5.66. The van der Waals surface area contributed by atoms with Crippen molar-refractivity contribution in [2.75, 3.05) is 19.6 Å². The Balaban J connectivity index is 4.31. The van der Waals surface area contributed by atoms with Gasteiger partial charge in [0, 0.05) is 6.42 Å². The van der Waals surface area contributed by atoms with Crippen molar-refractivity contribution >= 4 is 5.97 Å². The molecule has 0 spiro atoms. The van der Waals surface area contributed by atoms with Crippen LogP contribution in [0.25, 0.3) is 0 Å². The number of carboxylic acid groups (broad SMARTS) is 1. The van der Waals surface area contributed by atoms with Crippen molar-refractivity contribution in [3.63, 3.8) is 0 Å². The van der Waals surface area contributed by atoms with Crippen LogP contribution in [0.5, 0.6) is 0 Å². The second-order valence-electron chi connectivity index (χ2n) is 6.65. The molecule has 0 aliphatic carbocycles. The highest BCUT2D eigenvalue weighted by atomic mass is 16.4. The fraction of sp³-hybridized carbons (Fsp3) is 0.944. The molecular formula is C18H37NO2. The number of hydrogen-bond acceptors (Lipinski definition) is 2. The first kappa shape index (κ1) is 20.4. The molecule has 0 aromatic carbocycles. The normalized spacial score (nSPS) is 14.3. The van der Waals surface area contributed by atoms with Gasteiger partial charge in [0.2, 0.25) is 0 Å². The topological polar surface area (TPSA) is 40.5 Å². The average molecular weight is 299 g/mol. The highest BCUT2D eigenvalue weighted by Crippen LogP contribution is 2.34. The zero-order valence-corrected chi connectivity index (χ0v) is 14.8. The van der Waals surface area contributed by atoms with E-state index in [1.54, 1.807) is 0 Å². The molecule has 0 aromatic rings. The van der Waals surface area contributed by atoms with E-state index in [1.165, 1.54) is 38.5 Å². The molecule has 21 heavy (non-hydrogen) atoms. The van der Waals surface area contributed by atoms with E-state index in [9.17, 15) is 4.79 Å². The van der Waals surface area contributed by atoms with Crippen molar-refractivity contribution in [2.24, 2.45) is 5.41 Å². The monoisotopic (exact) mass is 299 g/mol. The molecule has 0 saturated carbocycles. The quantitative estimate of drug-likeness (QED) is 0.461. The van der Waals surface area contributed by atoms with Crippen LogP contribution < -0.4 is 0 Å². The van der Waals surface area contributed by atoms with Gasteiger partial charge in [-0.15, -0.1) is 0 Å². The van der Waals surface area contributed by atoms with E-state index in [0.717, 1.165) is 32.5 Å². The van der Waals surface area contributed by atoms with Gasteiger partial charge in [-0.3, -0.25) is 4.79 Å². The predicted molar refractivity (Wildman–Crippen MR) is 90.8 cm³/mol. The van der Waals surface area contributed by atoms with Crippen LogP contribution in [0.2, 0.25) is 0 Å². The molecule has 1 N–H and O–H groups in total. The first-order chi connectivity index (χ1) is 9.97. The summed E-state index contributed by atoms with van der Waals surface area (Å²) < 4.78 is 0. The molecule has 0 bridgehead atoms. The maximum atomic E-state index is 10.7. The van der Waals surface area contributed by atoms with E-state index in [2.05, 4.69) is 32.6 Å². The van der Waals surface area contributed by atoms with E-state index >= 15 is 0 Å². The van der Waals surface area contributed by atoms with Crippen molar-refractivity contribution < 1.29 is 9.90 Å². The van der Waals surface area contributed by atoms with Crippen LogP contribution in [-0.4, -0.2) is 35.6 Å². The Morgan fingerprint density at radius 3 is 2.10 bits per heavy atom. The lowest BCUT2D eigenvalue weighted by atomic mass is 9.77. The zero-order chi connectivity index (χ0) is 16.1. The summed E-state index contributed by atoms with van der Waals surface area (Å²) in [7, 11) is 0. The molecule has 0 aromatic heterocycles. The molecule has 1 atom stereocenters. The summed E-state index contributed by atoms with van der Waals surface area (Å²) >= 11 is 0. The van der Waals surface area contributed by atoms with Crippen LogP contribution in [0.15, 0.2) is 0 Å². The number of aliphatic carboxylic acids is 1. The third-order valence-electron chi connectivity index (χ3n) is 4.73. The number of unbranched alkanes of at least 4 members (excludes halogenated alkanes) is 3. The standard InChI is InChI=1S/C18H37NO2/c1-5-8-9-10-13-18(4,14-11-12-17(20)21)15-16-19(6-2)7-3/h5-16H2,1-4H3,(H,20,21). The summed E-state index contributed by atoms with van der Waals surface area (Å²) in [4.78, 5) is 13.2. The van der Waals surface area contributed by atoms with Crippen molar-refractivity contribution in [1.82, 2.24) is 4.90 Å². The van der Waals surface area contributed by atoms with E-state index < -0.39 is 5.97 Å². The third-order valence-corrected chi connectivity index (χ3v) is 4.73. The smallest absolute Gasteiger partial charge is 0.303 e. The first-order valence-electron chi connectivity index (χ1n) is 8.91. The first-order valence-corrected chi connectivity index (χ1v) is 8.91. The highest BCUT2D eigenvalue weighted by Gasteiger charge is 2.24. The van der Waals surface area contributed by atoms with Crippen molar-refractivity contribution in [2.45, 2.75) is 85.5 Å². The zero-order valence-electron chi connectivity index (χ0n) is 14.8. The number of rotatable bonds is 14. The van der Waals surface area contributed by atoms with E-state index in [1.807, 2.05) is 0 Å². The second kappa shape index (κ2) is 12.0. The van der Waals surface area contributed by atoms with Crippen LogP contribution in [0, 0.1) is 5.41 Å². The maximum absolute atomic E-state index is 10.7. The Kier molecular flexibility index (Phi) is 11.7. The van der Waals surface area contributed by atoms with Gasteiger partial charge in [-0.1, -0.05) is 53.4 Å². The van der Waals surface area contributed by atoms with Gasteiger partial charge in [0.05, 0.1) is 0 Å². The van der Waals surface area contributed by atoms with Gasteiger partial charge in [-0.05, 0) is 50.7 Å². The largest absolute Gasteiger partial charge is 0.481 e. The Labute approximate surface area is 132 Å². The van der Waals surface area contributed by atoms with Crippen LogP contribution in [-0.2, 0) is 4.79 Å². The lowest BCUT2D eigenvalue weighted by Crippen LogP contribution is -2.29. The summed E-state index contributed by atoms with van der Waals surface area (Å²) in [5.41, 5.74) is 0.311. The molecule has 0 aliphatic rings. The van der Waals surface area contributed by atoms with Crippen molar-refractivity contribution in [1.29, 1.82) is 0 Å². The van der Waals surface area contributed by atoms with Crippen molar-refractivity contribution in [3.8, 4) is 0 Å². The van der Waals surface area contributed by atoms with Gasteiger partial charge >= 0.3 is 5.97 Å². The molecule has 126 valence electrons. The minimum atomic E-state index is -0.660. The van der Waals surface area contributed by atoms with E-state index in [4.69, 9.17) is 5.11 Å². The van der Waals surface area contributed by atoms with Gasteiger partial charge in [-0.25, -0.2) is 0 Å². The number of hydrogen-bond donors (Lipinski definition) is 1. The Morgan fingerprint density at radius 1 is 0.952 bits per heavy atom. The fourth-order valence-electron chi connectivity index (χ4n) is 2.99. The molecule has 0 fully saturated rings. The Hall–Kier alpha value is -0.570. The summed E-state index contributed by atoms with van der Waals surface area (Å²) in [6.07, 6.45) is 9.82. The van der Waals surface area contributed by atoms with Gasteiger partial charge in [0.15, 0.2) is 0 Å². The van der Waals surface area contributed by atoms with Crippen LogP contribution in [0.3, 0.4) is 0 Å². The van der Waals surface area contributed by atoms with Gasteiger partial charge in [-0.2, -0.15) is 0 Å². The molecule has 0 radical (unpaired) electrons. The molecule has 3 nitrogen and oxygen atoms in total. The van der Waals surface area contributed by atoms with Gasteiger partial charge in [0.1, 0.15) is 0 Å². The number of carboxylic acids is 1. The van der Waals surface area contributed by atoms with Gasteiger partial charge < -0.3 is 10.0 Å².